The Labute approximate surface area is 81.1 Å². The number of thioether (sulfide) groups is 1. The minimum atomic E-state index is 1.06. The van der Waals surface area contributed by atoms with Gasteiger partial charge in [-0.05, 0) is 21.9 Å². The standard InChI is InChI=1S/C11H9NS/c1-2-4-10-6-12-8-13-7-11(12)5-9(10)3-1/h1-7H,8H2. The number of fused-ring (bicyclic) bond motifs is 2. The van der Waals surface area contributed by atoms with Crippen LogP contribution in [0.4, 0.5) is 0 Å². The van der Waals surface area contributed by atoms with Crippen LogP contribution in [-0.2, 0) is 0 Å². The van der Waals surface area contributed by atoms with Gasteiger partial charge in [-0.3, -0.25) is 0 Å². The lowest BCUT2D eigenvalue weighted by atomic mass is 10.2. The first-order valence-electron chi connectivity index (χ1n) is 4.30. The van der Waals surface area contributed by atoms with E-state index in [9.17, 15) is 0 Å². The van der Waals surface area contributed by atoms with Crippen LogP contribution in [0.2, 0.25) is 0 Å². The zero-order valence-corrected chi connectivity index (χ0v) is 7.92. The molecule has 0 N–H and O–H groups in total. The summed E-state index contributed by atoms with van der Waals surface area (Å²) in [7, 11) is 0. The predicted molar refractivity (Wildman–Crippen MR) is 57.0 cm³/mol. The monoisotopic (exact) mass is 187 g/mol. The van der Waals surface area contributed by atoms with Crippen LogP contribution < -0.4 is 10.4 Å². The van der Waals surface area contributed by atoms with E-state index in [2.05, 4.69) is 46.8 Å². The van der Waals surface area contributed by atoms with Gasteiger partial charge in [0.25, 0.3) is 0 Å². The fourth-order valence-electron chi connectivity index (χ4n) is 1.66. The van der Waals surface area contributed by atoms with Gasteiger partial charge in [0.2, 0.25) is 0 Å². The number of rotatable bonds is 0. The van der Waals surface area contributed by atoms with Crippen molar-refractivity contribution in [2.24, 2.45) is 0 Å². The van der Waals surface area contributed by atoms with E-state index in [0.29, 0.717) is 0 Å². The molecular formula is C11H9NS. The fourth-order valence-corrected chi connectivity index (χ4v) is 2.49. The van der Waals surface area contributed by atoms with E-state index in [-0.39, 0.29) is 0 Å². The van der Waals surface area contributed by atoms with Gasteiger partial charge < -0.3 is 4.90 Å². The summed E-state index contributed by atoms with van der Waals surface area (Å²) in [6.45, 7) is 0. The first-order valence-corrected chi connectivity index (χ1v) is 5.35. The molecule has 2 heterocycles. The van der Waals surface area contributed by atoms with Crippen molar-refractivity contribution in [1.82, 2.24) is 4.90 Å². The maximum atomic E-state index is 2.28. The molecule has 0 unspecified atom stereocenters. The molecule has 0 aromatic heterocycles. The van der Waals surface area contributed by atoms with E-state index in [4.69, 9.17) is 0 Å². The minimum absolute atomic E-state index is 1.06. The molecule has 0 aliphatic carbocycles. The van der Waals surface area contributed by atoms with E-state index in [1.165, 1.54) is 16.1 Å². The van der Waals surface area contributed by atoms with Crippen LogP contribution in [0.3, 0.4) is 0 Å². The van der Waals surface area contributed by atoms with Crippen molar-refractivity contribution in [3.05, 3.63) is 45.8 Å². The molecule has 1 nitrogen and oxygen atoms in total. The third kappa shape index (κ3) is 1.10. The summed E-state index contributed by atoms with van der Waals surface area (Å²) in [4.78, 5) is 2.28. The van der Waals surface area contributed by atoms with Crippen LogP contribution in [0.15, 0.2) is 35.4 Å². The van der Waals surface area contributed by atoms with Gasteiger partial charge in [0, 0.05) is 11.9 Å². The van der Waals surface area contributed by atoms with Crippen molar-refractivity contribution in [2.75, 3.05) is 5.88 Å². The molecule has 2 heteroatoms. The summed E-state index contributed by atoms with van der Waals surface area (Å²) < 4.78 is 0. The molecule has 0 bridgehead atoms. The molecule has 2 aliphatic rings. The van der Waals surface area contributed by atoms with E-state index in [1.807, 2.05) is 11.8 Å². The highest BCUT2D eigenvalue weighted by Gasteiger charge is 2.12. The van der Waals surface area contributed by atoms with Crippen LogP contribution in [-0.4, -0.2) is 10.8 Å². The van der Waals surface area contributed by atoms with E-state index in [0.717, 1.165) is 5.88 Å². The molecule has 1 aromatic rings. The van der Waals surface area contributed by atoms with Crippen LogP contribution >= 0.6 is 11.8 Å². The molecule has 0 radical (unpaired) electrons. The molecule has 0 amide bonds. The van der Waals surface area contributed by atoms with E-state index < -0.39 is 0 Å². The molecule has 0 atom stereocenters. The first kappa shape index (κ1) is 7.27. The Morgan fingerprint density at radius 2 is 2.00 bits per heavy atom. The fraction of sp³-hybridized carbons (Fsp3) is 0.0909. The van der Waals surface area contributed by atoms with Gasteiger partial charge in [0.05, 0.1) is 5.88 Å². The van der Waals surface area contributed by atoms with Gasteiger partial charge in [-0.15, -0.1) is 11.8 Å². The molecule has 0 saturated heterocycles. The number of benzene rings is 1. The Kier molecular flexibility index (Phi) is 1.49. The Hall–Kier alpha value is -1.15. The van der Waals surface area contributed by atoms with Crippen LogP contribution in [0.5, 0.6) is 0 Å². The molecular weight excluding hydrogens is 178 g/mol. The van der Waals surface area contributed by atoms with Crippen LogP contribution in [0, 0.1) is 0 Å². The molecule has 13 heavy (non-hydrogen) atoms. The lowest BCUT2D eigenvalue weighted by Gasteiger charge is -2.17. The summed E-state index contributed by atoms with van der Waals surface area (Å²) in [5.41, 5.74) is 1.32. The van der Waals surface area contributed by atoms with Gasteiger partial charge in [0.1, 0.15) is 0 Å². The van der Waals surface area contributed by atoms with Gasteiger partial charge in [-0.2, -0.15) is 0 Å². The SMILES string of the molecule is C1=C2C=c3ccccc3=CN2CS1. The Morgan fingerprint density at radius 3 is 2.92 bits per heavy atom. The molecule has 0 fully saturated rings. The minimum Gasteiger partial charge on any atom is -0.337 e. The van der Waals surface area contributed by atoms with Crippen molar-refractivity contribution in [3.63, 3.8) is 0 Å². The molecule has 1 aromatic carbocycles. The highest BCUT2D eigenvalue weighted by Crippen LogP contribution is 2.24. The Bertz CT molecular complexity index is 487. The van der Waals surface area contributed by atoms with Crippen molar-refractivity contribution in [2.45, 2.75) is 0 Å². The summed E-state index contributed by atoms with van der Waals surface area (Å²) >= 11 is 1.85. The second-order valence-corrected chi connectivity index (χ2v) is 4.04. The average Bonchev–Trinajstić information content (AvgIpc) is 2.61. The van der Waals surface area contributed by atoms with Crippen molar-refractivity contribution in [1.29, 1.82) is 0 Å². The lowest BCUT2D eigenvalue weighted by molar-refractivity contribution is 0.632. The second kappa shape index (κ2) is 2.67. The summed E-state index contributed by atoms with van der Waals surface area (Å²) in [6.07, 6.45) is 4.47. The zero-order chi connectivity index (χ0) is 8.67. The van der Waals surface area contributed by atoms with Gasteiger partial charge in [-0.1, -0.05) is 24.3 Å². The number of allylic oxidation sites excluding steroid dienone is 1. The molecule has 0 spiro atoms. The largest absolute Gasteiger partial charge is 0.337 e. The Balaban J connectivity index is 2.34. The van der Waals surface area contributed by atoms with Crippen molar-refractivity contribution in [3.8, 4) is 0 Å². The number of hydrogen-bond donors (Lipinski definition) is 0. The number of hydrogen-bond acceptors (Lipinski definition) is 2. The van der Waals surface area contributed by atoms with Crippen LogP contribution in [0.25, 0.3) is 12.3 Å². The second-order valence-electron chi connectivity index (χ2n) is 3.21. The van der Waals surface area contributed by atoms with E-state index in [1.54, 1.807) is 0 Å². The Morgan fingerprint density at radius 1 is 1.15 bits per heavy atom. The maximum Gasteiger partial charge on any atom is 0.0724 e. The molecule has 3 rings (SSSR count). The van der Waals surface area contributed by atoms with Crippen LogP contribution in [0.1, 0.15) is 0 Å². The molecule has 0 saturated carbocycles. The highest BCUT2D eigenvalue weighted by molar-refractivity contribution is 8.02. The zero-order valence-electron chi connectivity index (χ0n) is 7.10. The topological polar surface area (TPSA) is 3.24 Å². The van der Waals surface area contributed by atoms with Gasteiger partial charge in [0.15, 0.2) is 0 Å². The third-order valence-corrected chi connectivity index (χ3v) is 3.18. The third-order valence-electron chi connectivity index (χ3n) is 2.34. The summed E-state index contributed by atoms with van der Waals surface area (Å²) in [5.74, 6) is 1.06. The summed E-state index contributed by atoms with van der Waals surface area (Å²) in [6, 6.07) is 8.49. The quantitative estimate of drug-likeness (QED) is 0.597. The predicted octanol–water partition coefficient (Wildman–Crippen LogP) is 1.07. The maximum absolute atomic E-state index is 2.28. The number of nitrogens with zero attached hydrogens (tertiary/aromatic N) is 1. The highest BCUT2D eigenvalue weighted by atomic mass is 32.2. The lowest BCUT2D eigenvalue weighted by Crippen LogP contribution is -2.32. The van der Waals surface area contributed by atoms with E-state index >= 15 is 0 Å². The summed E-state index contributed by atoms with van der Waals surface area (Å²) in [5, 5.41) is 4.86. The van der Waals surface area contributed by atoms with Crippen molar-refractivity contribution >= 4 is 24.0 Å². The van der Waals surface area contributed by atoms with Gasteiger partial charge >= 0.3 is 0 Å². The van der Waals surface area contributed by atoms with Gasteiger partial charge in [-0.25, -0.2) is 0 Å². The van der Waals surface area contributed by atoms with Crippen molar-refractivity contribution < 1.29 is 0 Å². The molecule has 64 valence electrons. The normalized spacial score (nSPS) is 18.2. The smallest absolute Gasteiger partial charge is 0.0724 e. The first-order chi connectivity index (χ1) is 6.43. The molecule has 2 aliphatic heterocycles. The average molecular weight is 187 g/mol.